The van der Waals surface area contributed by atoms with Crippen LogP contribution in [0.4, 0.5) is 5.82 Å². The Morgan fingerprint density at radius 3 is 2.90 bits per heavy atom. The van der Waals surface area contributed by atoms with E-state index in [1.54, 1.807) is 6.07 Å². The maximum Gasteiger partial charge on any atom is 0.145 e. The third kappa shape index (κ3) is 2.94. The topological polar surface area (TPSA) is 34.2 Å². The van der Waals surface area contributed by atoms with E-state index >= 15 is 0 Å². The first-order chi connectivity index (χ1) is 10.2. The summed E-state index contributed by atoms with van der Waals surface area (Å²) in [4.78, 5) is 4.59. The minimum absolute atomic E-state index is 0.543. The lowest BCUT2D eigenvalue weighted by Crippen LogP contribution is -2.03. The lowest BCUT2D eigenvalue weighted by molar-refractivity contribution is 0.357. The second-order valence-corrected chi connectivity index (χ2v) is 5.81. The molecule has 2 aromatic rings. The van der Waals surface area contributed by atoms with Crippen molar-refractivity contribution in [3.05, 3.63) is 39.9 Å². The lowest BCUT2D eigenvalue weighted by Gasteiger charge is -2.11. The molecule has 3 nitrogen and oxygen atoms in total. The van der Waals surface area contributed by atoms with Crippen LogP contribution in [0.1, 0.15) is 18.9 Å². The molecule has 0 radical (unpaired) electrons. The second-order valence-electron chi connectivity index (χ2n) is 5.00. The number of hydrogen-bond acceptors (Lipinski definition) is 3. The molecule has 0 bridgehead atoms. The van der Waals surface area contributed by atoms with E-state index in [1.165, 1.54) is 5.56 Å². The van der Waals surface area contributed by atoms with Crippen molar-refractivity contribution >= 4 is 29.0 Å². The molecule has 3 rings (SSSR count). The molecule has 0 atom stereocenters. The molecule has 21 heavy (non-hydrogen) atoms. The van der Waals surface area contributed by atoms with Crippen LogP contribution in [-0.2, 0) is 6.42 Å². The summed E-state index contributed by atoms with van der Waals surface area (Å²) in [5.74, 6) is 1.63. The Morgan fingerprint density at radius 1 is 1.24 bits per heavy atom. The summed E-state index contributed by atoms with van der Waals surface area (Å²) in [7, 11) is 0. The van der Waals surface area contributed by atoms with Crippen LogP contribution in [0.2, 0.25) is 10.0 Å². The summed E-state index contributed by atoms with van der Waals surface area (Å²) in [5, 5.41) is 4.33. The Bertz CT molecular complexity index is 674. The van der Waals surface area contributed by atoms with Crippen molar-refractivity contribution < 1.29 is 4.74 Å². The predicted molar refractivity (Wildman–Crippen MR) is 87.7 cm³/mol. The molecule has 1 aromatic carbocycles. The maximum absolute atomic E-state index is 6.32. The Labute approximate surface area is 134 Å². The number of benzene rings is 1. The van der Waals surface area contributed by atoms with Gasteiger partial charge in [-0.3, -0.25) is 0 Å². The fourth-order valence-electron chi connectivity index (χ4n) is 2.37. The van der Waals surface area contributed by atoms with E-state index in [9.17, 15) is 0 Å². The number of nitrogens with one attached hydrogen (secondary N) is 1. The second kappa shape index (κ2) is 6.12. The molecule has 1 aliphatic heterocycles. The van der Waals surface area contributed by atoms with Gasteiger partial charge < -0.3 is 10.1 Å². The van der Waals surface area contributed by atoms with Crippen molar-refractivity contribution in [3.8, 4) is 17.0 Å². The van der Waals surface area contributed by atoms with Gasteiger partial charge in [0.25, 0.3) is 0 Å². The Balaban J connectivity index is 2.01. The molecule has 0 amide bonds. The van der Waals surface area contributed by atoms with Gasteiger partial charge in [-0.25, -0.2) is 4.98 Å². The quantitative estimate of drug-likeness (QED) is 0.876. The molecule has 1 aliphatic rings. The van der Waals surface area contributed by atoms with Gasteiger partial charge in [-0.2, -0.15) is 0 Å². The number of nitrogens with zero attached hydrogens (tertiary/aromatic N) is 1. The van der Waals surface area contributed by atoms with E-state index in [2.05, 4.69) is 23.3 Å². The van der Waals surface area contributed by atoms with Gasteiger partial charge in [0.15, 0.2) is 0 Å². The highest BCUT2D eigenvalue weighted by Crippen LogP contribution is 2.35. The maximum atomic E-state index is 6.32. The third-order valence-corrected chi connectivity index (χ3v) is 4.01. The van der Waals surface area contributed by atoms with E-state index in [0.29, 0.717) is 15.9 Å². The molecule has 1 N–H and O–H groups in total. The molecule has 0 aliphatic carbocycles. The zero-order chi connectivity index (χ0) is 14.8. The van der Waals surface area contributed by atoms with E-state index in [1.807, 2.05) is 12.1 Å². The first-order valence-electron chi connectivity index (χ1n) is 7.05. The zero-order valence-electron chi connectivity index (χ0n) is 11.7. The number of hydrogen-bond donors (Lipinski definition) is 1. The van der Waals surface area contributed by atoms with Crippen LogP contribution in [0.15, 0.2) is 24.3 Å². The summed E-state index contributed by atoms with van der Waals surface area (Å²) in [6, 6.07) is 7.79. The number of anilines is 1. The van der Waals surface area contributed by atoms with Crippen LogP contribution in [0.5, 0.6) is 5.75 Å². The van der Waals surface area contributed by atoms with Crippen LogP contribution < -0.4 is 10.1 Å². The normalized spacial score (nSPS) is 12.9. The van der Waals surface area contributed by atoms with Gasteiger partial charge in [-0.1, -0.05) is 30.1 Å². The molecule has 0 saturated carbocycles. The predicted octanol–water partition coefficient (Wildman–Crippen LogP) is 4.81. The van der Waals surface area contributed by atoms with Crippen LogP contribution in [0, 0.1) is 0 Å². The Kier molecular flexibility index (Phi) is 4.22. The molecule has 0 fully saturated rings. The summed E-state index contributed by atoms with van der Waals surface area (Å²) in [6.45, 7) is 3.66. The largest absolute Gasteiger partial charge is 0.493 e. The molecule has 5 heteroatoms. The van der Waals surface area contributed by atoms with Crippen molar-refractivity contribution in [2.24, 2.45) is 0 Å². The van der Waals surface area contributed by atoms with Crippen molar-refractivity contribution in [3.63, 3.8) is 0 Å². The highest BCUT2D eigenvalue weighted by Gasteiger charge is 2.16. The molecule has 110 valence electrons. The fourth-order valence-corrected chi connectivity index (χ4v) is 2.90. The van der Waals surface area contributed by atoms with Gasteiger partial charge in [0.05, 0.1) is 22.3 Å². The lowest BCUT2D eigenvalue weighted by atomic mass is 10.1. The number of fused-ring (bicyclic) bond motifs is 1. The number of pyridine rings is 1. The van der Waals surface area contributed by atoms with Gasteiger partial charge in [-0.15, -0.1) is 0 Å². The molecule has 0 spiro atoms. The first kappa shape index (κ1) is 14.5. The smallest absolute Gasteiger partial charge is 0.145 e. The van der Waals surface area contributed by atoms with E-state index in [-0.39, 0.29) is 0 Å². The van der Waals surface area contributed by atoms with Crippen molar-refractivity contribution in [2.75, 3.05) is 18.5 Å². The number of aromatic nitrogens is 1. The van der Waals surface area contributed by atoms with Gasteiger partial charge in [-0.05, 0) is 36.2 Å². The van der Waals surface area contributed by atoms with Crippen molar-refractivity contribution in [1.82, 2.24) is 4.98 Å². The third-order valence-electron chi connectivity index (χ3n) is 3.43. The van der Waals surface area contributed by atoms with Gasteiger partial charge >= 0.3 is 0 Å². The minimum atomic E-state index is 0.543. The number of rotatable bonds is 4. The van der Waals surface area contributed by atoms with Crippen molar-refractivity contribution in [2.45, 2.75) is 19.8 Å². The van der Waals surface area contributed by atoms with Gasteiger partial charge in [0, 0.05) is 18.5 Å². The van der Waals surface area contributed by atoms with E-state index in [4.69, 9.17) is 27.9 Å². The van der Waals surface area contributed by atoms with Crippen LogP contribution >= 0.6 is 23.2 Å². The van der Waals surface area contributed by atoms with Gasteiger partial charge in [0.1, 0.15) is 11.6 Å². The van der Waals surface area contributed by atoms with Crippen molar-refractivity contribution in [1.29, 1.82) is 0 Å². The van der Waals surface area contributed by atoms with Crippen LogP contribution in [0.25, 0.3) is 11.3 Å². The average molecular weight is 323 g/mol. The van der Waals surface area contributed by atoms with E-state index < -0.39 is 0 Å². The molecule has 1 aromatic heterocycles. The Morgan fingerprint density at radius 2 is 2.10 bits per heavy atom. The average Bonchev–Trinajstić information content (AvgIpc) is 2.94. The first-order valence-corrected chi connectivity index (χ1v) is 7.80. The standard InChI is InChI=1S/C16H16Cl2N2O/c1-2-6-19-16-13(18)9-12(17)15(20-16)11-3-4-14-10(8-11)5-7-21-14/h3-4,8-9H,2,5-7H2,1H3,(H,19,20). The Hall–Kier alpha value is -1.45. The molecular formula is C16H16Cl2N2O. The van der Waals surface area contributed by atoms with E-state index in [0.717, 1.165) is 43.0 Å². The summed E-state index contributed by atoms with van der Waals surface area (Å²) < 4.78 is 5.53. The SMILES string of the molecule is CCCNc1nc(-c2ccc3c(c2)CCO3)c(Cl)cc1Cl. The molecule has 0 unspecified atom stereocenters. The zero-order valence-corrected chi connectivity index (χ0v) is 13.3. The minimum Gasteiger partial charge on any atom is -0.493 e. The van der Waals surface area contributed by atoms with Gasteiger partial charge in [0.2, 0.25) is 0 Å². The highest BCUT2D eigenvalue weighted by atomic mass is 35.5. The summed E-state index contributed by atoms with van der Waals surface area (Å²) in [6.07, 6.45) is 1.93. The highest BCUT2D eigenvalue weighted by molar-refractivity contribution is 6.37. The fraction of sp³-hybridized carbons (Fsp3) is 0.312. The molecular weight excluding hydrogens is 307 g/mol. The summed E-state index contributed by atoms with van der Waals surface area (Å²) >= 11 is 12.5. The summed E-state index contributed by atoms with van der Waals surface area (Å²) in [5.41, 5.74) is 2.93. The van der Waals surface area contributed by atoms with Crippen LogP contribution in [0.3, 0.4) is 0 Å². The monoisotopic (exact) mass is 322 g/mol. The number of halogens is 2. The van der Waals surface area contributed by atoms with Crippen LogP contribution in [-0.4, -0.2) is 18.1 Å². The molecule has 2 heterocycles. The number of ether oxygens (including phenoxy) is 1. The molecule has 0 saturated heterocycles.